The Balaban J connectivity index is 2.02. The summed E-state index contributed by atoms with van der Waals surface area (Å²) >= 11 is 0. The van der Waals surface area contributed by atoms with Gasteiger partial charge in [0, 0.05) is 50.4 Å². The molecule has 0 aromatic carbocycles. The summed E-state index contributed by atoms with van der Waals surface area (Å²) in [5.74, 6) is 1.11. The normalized spacial score (nSPS) is 14.6. The molecule has 1 aliphatic rings. The maximum atomic E-state index is 12.9. The number of morpholine rings is 1. The Kier molecular flexibility index (Phi) is 9.78. The second-order valence-corrected chi connectivity index (χ2v) is 8.31. The maximum absolute atomic E-state index is 12.9. The van der Waals surface area contributed by atoms with E-state index in [2.05, 4.69) is 42.6 Å². The van der Waals surface area contributed by atoms with Gasteiger partial charge in [-0.1, -0.05) is 27.7 Å². The Morgan fingerprint density at radius 3 is 2.43 bits per heavy atom. The highest BCUT2D eigenvalue weighted by atomic mass is 16.5. The molecule has 170 valence electrons. The summed E-state index contributed by atoms with van der Waals surface area (Å²) in [6.07, 6.45) is 0.740. The van der Waals surface area contributed by atoms with Crippen LogP contribution in [-0.4, -0.2) is 84.7 Å². The van der Waals surface area contributed by atoms with E-state index in [1.807, 2.05) is 16.7 Å². The number of hydrogen-bond donors (Lipinski definition) is 1. The molecular weight excluding hydrogens is 382 g/mol. The van der Waals surface area contributed by atoms with Crippen LogP contribution in [0.25, 0.3) is 0 Å². The molecule has 0 radical (unpaired) electrons. The van der Waals surface area contributed by atoms with E-state index in [0.29, 0.717) is 49.2 Å². The van der Waals surface area contributed by atoms with Gasteiger partial charge in [-0.05, 0) is 32.4 Å². The number of nitrogens with one attached hydrogen (secondary N) is 1. The van der Waals surface area contributed by atoms with Gasteiger partial charge in [0.1, 0.15) is 0 Å². The SMILES string of the molecule is CCN(CC)CCN(CC(C)C)C(=O)CCc1c(C)nc(N2CCOCC2)[nH]c1=O. The van der Waals surface area contributed by atoms with Crippen LogP contribution in [0.3, 0.4) is 0 Å². The summed E-state index contributed by atoms with van der Waals surface area (Å²) in [5.41, 5.74) is 1.16. The molecular formula is C22H39N5O3. The van der Waals surface area contributed by atoms with E-state index < -0.39 is 0 Å². The number of carbonyl (C=O) groups excluding carboxylic acids is 1. The molecule has 0 spiro atoms. The van der Waals surface area contributed by atoms with Crippen molar-refractivity contribution in [1.82, 2.24) is 19.8 Å². The fraction of sp³-hybridized carbons (Fsp3) is 0.773. The zero-order chi connectivity index (χ0) is 22.1. The molecule has 1 amide bonds. The molecule has 0 saturated carbocycles. The first kappa shape index (κ1) is 24.3. The van der Waals surface area contributed by atoms with E-state index in [4.69, 9.17) is 4.74 Å². The van der Waals surface area contributed by atoms with Crippen LogP contribution in [0.4, 0.5) is 5.95 Å². The lowest BCUT2D eigenvalue weighted by Crippen LogP contribution is -2.41. The third-order valence-electron chi connectivity index (χ3n) is 5.63. The van der Waals surface area contributed by atoms with Crippen LogP contribution in [0.2, 0.25) is 0 Å². The van der Waals surface area contributed by atoms with Crippen molar-refractivity contribution in [2.45, 2.75) is 47.5 Å². The summed E-state index contributed by atoms with van der Waals surface area (Å²) in [6, 6.07) is 0. The van der Waals surface area contributed by atoms with Crippen molar-refractivity contribution in [3.8, 4) is 0 Å². The van der Waals surface area contributed by atoms with Crippen molar-refractivity contribution < 1.29 is 9.53 Å². The predicted octanol–water partition coefficient (Wildman–Crippen LogP) is 1.67. The van der Waals surface area contributed by atoms with E-state index in [1.165, 1.54) is 0 Å². The number of aromatic nitrogens is 2. The summed E-state index contributed by atoms with van der Waals surface area (Å²) < 4.78 is 5.36. The summed E-state index contributed by atoms with van der Waals surface area (Å²) in [5, 5.41) is 0. The molecule has 1 N–H and O–H groups in total. The van der Waals surface area contributed by atoms with Crippen LogP contribution < -0.4 is 10.5 Å². The number of aromatic amines is 1. The number of likely N-dealkylation sites (N-methyl/N-ethyl adjacent to an activating group) is 1. The van der Waals surface area contributed by atoms with Crippen LogP contribution in [0.5, 0.6) is 0 Å². The Labute approximate surface area is 180 Å². The van der Waals surface area contributed by atoms with Gasteiger partial charge in [0.05, 0.1) is 13.2 Å². The van der Waals surface area contributed by atoms with Gasteiger partial charge in [-0.3, -0.25) is 14.6 Å². The number of anilines is 1. The zero-order valence-electron chi connectivity index (χ0n) is 19.4. The molecule has 2 rings (SSSR count). The van der Waals surface area contributed by atoms with Crippen LogP contribution in [-0.2, 0) is 16.0 Å². The van der Waals surface area contributed by atoms with Crippen LogP contribution in [0, 0.1) is 12.8 Å². The van der Waals surface area contributed by atoms with Crippen molar-refractivity contribution in [1.29, 1.82) is 0 Å². The van der Waals surface area contributed by atoms with Crippen molar-refractivity contribution >= 4 is 11.9 Å². The van der Waals surface area contributed by atoms with Crippen molar-refractivity contribution in [3.63, 3.8) is 0 Å². The Morgan fingerprint density at radius 2 is 1.87 bits per heavy atom. The van der Waals surface area contributed by atoms with E-state index >= 15 is 0 Å². The van der Waals surface area contributed by atoms with Crippen molar-refractivity contribution in [3.05, 3.63) is 21.6 Å². The number of H-pyrrole nitrogens is 1. The number of rotatable bonds is 11. The molecule has 1 saturated heterocycles. The van der Waals surface area contributed by atoms with Crippen molar-refractivity contribution in [2.75, 3.05) is 63.9 Å². The first-order valence-electron chi connectivity index (χ1n) is 11.3. The van der Waals surface area contributed by atoms with Crippen LogP contribution in [0.1, 0.15) is 45.4 Å². The summed E-state index contributed by atoms with van der Waals surface area (Å²) in [4.78, 5) is 39.4. The lowest BCUT2D eigenvalue weighted by atomic mass is 10.1. The maximum Gasteiger partial charge on any atom is 0.255 e. The van der Waals surface area contributed by atoms with Crippen molar-refractivity contribution in [2.24, 2.45) is 5.92 Å². The monoisotopic (exact) mass is 421 g/mol. The first-order valence-corrected chi connectivity index (χ1v) is 11.3. The molecule has 8 nitrogen and oxygen atoms in total. The van der Waals surface area contributed by atoms with Gasteiger partial charge in [0.25, 0.3) is 5.56 Å². The number of aryl methyl sites for hydroxylation is 1. The lowest BCUT2D eigenvalue weighted by Gasteiger charge is -2.28. The van der Waals surface area contributed by atoms with Crippen LogP contribution >= 0.6 is 0 Å². The first-order chi connectivity index (χ1) is 14.3. The van der Waals surface area contributed by atoms with Gasteiger partial charge >= 0.3 is 0 Å². The van der Waals surface area contributed by atoms with Gasteiger partial charge in [-0.15, -0.1) is 0 Å². The summed E-state index contributed by atoms with van der Waals surface area (Å²) in [6.45, 7) is 17.4. The smallest absolute Gasteiger partial charge is 0.255 e. The standard InChI is InChI=1S/C22H39N5O3/c1-6-25(7-2)10-11-27(16-17(3)4)20(28)9-8-19-18(5)23-22(24-21(19)29)26-12-14-30-15-13-26/h17H,6-16H2,1-5H3,(H,23,24,29). The highest BCUT2D eigenvalue weighted by Gasteiger charge is 2.19. The molecule has 2 heterocycles. The number of amides is 1. The molecule has 1 aliphatic heterocycles. The highest BCUT2D eigenvalue weighted by molar-refractivity contribution is 5.76. The molecule has 0 unspecified atom stereocenters. The Bertz CT molecular complexity index is 724. The minimum Gasteiger partial charge on any atom is -0.378 e. The molecule has 1 aromatic rings. The molecule has 30 heavy (non-hydrogen) atoms. The predicted molar refractivity (Wildman–Crippen MR) is 120 cm³/mol. The van der Waals surface area contributed by atoms with E-state index in [9.17, 15) is 9.59 Å². The summed E-state index contributed by atoms with van der Waals surface area (Å²) in [7, 11) is 0. The molecule has 0 atom stereocenters. The Morgan fingerprint density at radius 1 is 1.20 bits per heavy atom. The highest BCUT2D eigenvalue weighted by Crippen LogP contribution is 2.12. The lowest BCUT2D eigenvalue weighted by molar-refractivity contribution is -0.131. The fourth-order valence-electron chi connectivity index (χ4n) is 3.77. The topological polar surface area (TPSA) is 81.8 Å². The number of ether oxygens (including phenoxy) is 1. The molecule has 0 bridgehead atoms. The van der Waals surface area contributed by atoms with Gasteiger partial charge < -0.3 is 19.4 Å². The van der Waals surface area contributed by atoms with Gasteiger partial charge in [-0.25, -0.2) is 4.98 Å². The zero-order valence-corrected chi connectivity index (χ0v) is 19.4. The van der Waals surface area contributed by atoms with E-state index in [1.54, 1.807) is 0 Å². The minimum absolute atomic E-state index is 0.104. The second kappa shape index (κ2) is 12.1. The molecule has 0 aliphatic carbocycles. The average Bonchev–Trinajstić information content (AvgIpc) is 2.73. The van der Waals surface area contributed by atoms with Gasteiger partial charge in [0.2, 0.25) is 11.9 Å². The minimum atomic E-state index is -0.143. The fourth-order valence-corrected chi connectivity index (χ4v) is 3.77. The Hall–Kier alpha value is -1.93. The third-order valence-corrected chi connectivity index (χ3v) is 5.63. The average molecular weight is 422 g/mol. The number of nitrogens with zero attached hydrogens (tertiary/aromatic N) is 4. The molecule has 1 aromatic heterocycles. The molecule has 1 fully saturated rings. The number of hydrogen-bond acceptors (Lipinski definition) is 6. The van der Waals surface area contributed by atoms with E-state index in [0.717, 1.165) is 45.8 Å². The largest absolute Gasteiger partial charge is 0.378 e. The van der Waals surface area contributed by atoms with Gasteiger partial charge in [-0.2, -0.15) is 0 Å². The number of carbonyl (C=O) groups is 1. The van der Waals surface area contributed by atoms with E-state index in [-0.39, 0.29) is 11.5 Å². The van der Waals surface area contributed by atoms with Gasteiger partial charge in [0.15, 0.2) is 0 Å². The quantitative estimate of drug-likeness (QED) is 0.585. The van der Waals surface area contributed by atoms with Crippen LogP contribution in [0.15, 0.2) is 4.79 Å². The second-order valence-electron chi connectivity index (χ2n) is 8.31. The molecule has 8 heteroatoms. The third kappa shape index (κ3) is 7.09.